The van der Waals surface area contributed by atoms with E-state index in [0.29, 0.717) is 65.0 Å². The number of hydrogen-bond acceptors (Lipinski definition) is 2. The van der Waals surface area contributed by atoms with Gasteiger partial charge in [-0.25, -0.2) is 0 Å². The summed E-state index contributed by atoms with van der Waals surface area (Å²) in [5.74, 6) is 1.19. The number of phenols is 1. The Kier molecular flexibility index (Phi) is 12.6. The summed E-state index contributed by atoms with van der Waals surface area (Å²) in [6.07, 6.45) is 0. The fourth-order valence-corrected chi connectivity index (χ4v) is 9.45. The van der Waals surface area contributed by atoms with E-state index in [9.17, 15) is 9.90 Å². The molecule has 0 atom stereocenters. The van der Waals surface area contributed by atoms with Crippen molar-refractivity contribution in [3.05, 3.63) is 163 Å². The summed E-state index contributed by atoms with van der Waals surface area (Å²) in [5, 5.41) is 18.7. The van der Waals surface area contributed by atoms with E-state index in [1.165, 1.54) is 29.2 Å². The topological polar surface area (TPSA) is 37.3 Å². The second-order valence-corrected chi connectivity index (χ2v) is 17.3. The Morgan fingerprint density at radius 1 is 0.534 bits per heavy atom. The SMILES string of the molecule is C=C(C)c1cc(O)c2c3c(Cl)cc(C)c4c(-c5ccccc5C)cc(Cl)c(c5c(Cl)cc(C(C)=O)c1c25)c43.Cc1c(C(C)C)cccc1C(C)C.Cc1ccccc1. The zero-order valence-corrected chi connectivity index (χ0v) is 37.4. The highest BCUT2D eigenvalue weighted by Crippen LogP contribution is 2.54. The van der Waals surface area contributed by atoms with Crippen molar-refractivity contribution in [1.82, 2.24) is 0 Å². The molecule has 0 fully saturated rings. The van der Waals surface area contributed by atoms with Crippen molar-refractivity contribution in [2.75, 3.05) is 0 Å². The van der Waals surface area contributed by atoms with E-state index in [0.717, 1.165) is 44.0 Å². The molecule has 1 N–H and O–H groups in total. The summed E-state index contributed by atoms with van der Waals surface area (Å²) in [6.45, 7) is 24.9. The lowest BCUT2D eigenvalue weighted by atomic mass is 9.82. The molecule has 8 aromatic rings. The van der Waals surface area contributed by atoms with Crippen LogP contribution in [0.25, 0.3) is 59.8 Å². The first-order valence-electron chi connectivity index (χ1n) is 19.8. The quantitative estimate of drug-likeness (QED) is 0.107. The molecule has 0 saturated heterocycles. The minimum atomic E-state index is -0.135. The molecule has 8 rings (SSSR count). The van der Waals surface area contributed by atoms with Gasteiger partial charge in [-0.2, -0.15) is 0 Å². The first-order chi connectivity index (χ1) is 27.5. The average molecular weight is 826 g/mol. The van der Waals surface area contributed by atoms with Gasteiger partial charge in [0.25, 0.3) is 0 Å². The van der Waals surface area contributed by atoms with Crippen LogP contribution >= 0.6 is 34.8 Å². The van der Waals surface area contributed by atoms with Gasteiger partial charge in [0, 0.05) is 58.3 Å². The summed E-state index contributed by atoms with van der Waals surface area (Å²) < 4.78 is 0. The number of halogens is 3. The van der Waals surface area contributed by atoms with Crippen LogP contribution in [0.3, 0.4) is 0 Å². The predicted molar refractivity (Wildman–Crippen MR) is 255 cm³/mol. The van der Waals surface area contributed by atoms with Gasteiger partial charge >= 0.3 is 0 Å². The van der Waals surface area contributed by atoms with Gasteiger partial charge < -0.3 is 5.11 Å². The molecule has 0 aliphatic rings. The number of aromatic hydroxyl groups is 1. The van der Waals surface area contributed by atoms with Gasteiger partial charge in [-0.15, -0.1) is 0 Å². The number of Topliss-reactive ketones (excluding diaryl/α,β-unsaturated/α-hetero) is 1. The summed E-state index contributed by atoms with van der Waals surface area (Å²) in [5.41, 5.74) is 11.8. The van der Waals surface area contributed by atoms with Crippen LogP contribution in [-0.2, 0) is 0 Å². The van der Waals surface area contributed by atoms with E-state index in [-0.39, 0.29) is 11.5 Å². The molecule has 58 heavy (non-hydrogen) atoms. The van der Waals surface area contributed by atoms with Gasteiger partial charge in [0.15, 0.2) is 5.78 Å². The Labute approximate surface area is 358 Å². The van der Waals surface area contributed by atoms with Crippen LogP contribution in [0, 0.1) is 27.7 Å². The van der Waals surface area contributed by atoms with E-state index < -0.39 is 0 Å². The predicted octanol–water partition coefficient (Wildman–Crippen LogP) is 17.2. The number of aryl methyl sites for hydroxylation is 3. The Balaban J connectivity index is 0.000000232. The number of allylic oxidation sites excluding steroid dienone is 1. The largest absolute Gasteiger partial charge is 0.507 e. The van der Waals surface area contributed by atoms with Gasteiger partial charge in [0.2, 0.25) is 0 Å². The van der Waals surface area contributed by atoms with Crippen LogP contribution in [0.5, 0.6) is 5.75 Å². The molecule has 296 valence electrons. The highest BCUT2D eigenvalue weighted by Gasteiger charge is 2.28. The summed E-state index contributed by atoms with van der Waals surface area (Å²) in [6, 6.07) is 32.4. The Morgan fingerprint density at radius 3 is 1.57 bits per heavy atom. The van der Waals surface area contributed by atoms with Crippen LogP contribution < -0.4 is 0 Å². The van der Waals surface area contributed by atoms with E-state index in [2.05, 4.69) is 97.5 Å². The van der Waals surface area contributed by atoms with Crippen molar-refractivity contribution in [2.45, 2.75) is 81.1 Å². The molecule has 0 heterocycles. The fraction of sp³-hybridized carbons (Fsp3) is 0.226. The molecule has 0 saturated carbocycles. The normalized spacial score (nSPS) is 11.4. The molecule has 0 spiro atoms. The lowest BCUT2D eigenvalue weighted by Gasteiger charge is -2.24. The minimum absolute atomic E-state index is 0.0450. The van der Waals surface area contributed by atoms with Crippen LogP contribution in [0.1, 0.15) is 103 Å². The van der Waals surface area contributed by atoms with Gasteiger partial charge in [-0.3, -0.25) is 4.79 Å². The molecule has 0 amide bonds. The van der Waals surface area contributed by atoms with Gasteiger partial charge in [0.05, 0.1) is 0 Å². The smallest absolute Gasteiger partial charge is 0.160 e. The molecule has 0 aliphatic heterocycles. The van der Waals surface area contributed by atoms with Gasteiger partial charge in [-0.05, 0) is 128 Å². The van der Waals surface area contributed by atoms with Gasteiger partial charge in [-0.1, -0.05) is 153 Å². The second-order valence-electron chi connectivity index (χ2n) is 16.1. The number of fused-ring (bicyclic) bond motifs is 2. The van der Waals surface area contributed by atoms with E-state index >= 15 is 0 Å². The molecule has 0 radical (unpaired) electrons. The zero-order valence-electron chi connectivity index (χ0n) is 35.1. The lowest BCUT2D eigenvalue weighted by Crippen LogP contribution is -2.01. The van der Waals surface area contributed by atoms with Gasteiger partial charge in [0.1, 0.15) is 5.75 Å². The molecule has 0 unspecified atom stereocenters. The summed E-state index contributed by atoms with van der Waals surface area (Å²) in [4.78, 5) is 12.8. The van der Waals surface area contributed by atoms with Crippen LogP contribution in [0.15, 0.2) is 104 Å². The maximum absolute atomic E-state index is 12.8. The van der Waals surface area contributed by atoms with E-state index in [4.69, 9.17) is 34.8 Å². The number of carbonyl (C=O) groups excluding carboxylic acids is 1. The van der Waals surface area contributed by atoms with Crippen LogP contribution in [0.2, 0.25) is 15.1 Å². The van der Waals surface area contributed by atoms with Crippen molar-refractivity contribution in [2.24, 2.45) is 0 Å². The second kappa shape index (κ2) is 17.2. The third kappa shape index (κ3) is 7.83. The number of phenolic OH excluding ortho intramolecular Hbond substituents is 1. The number of hydrogen-bond donors (Lipinski definition) is 1. The maximum atomic E-state index is 12.8. The molecule has 0 bridgehead atoms. The molecular formula is C53H51Cl3O2. The Hall–Kier alpha value is -4.86. The number of benzene rings is 8. The number of ketones is 1. The standard InChI is InChI=1S/C33H23Cl3O2.C13H20.C7H8/c1-14(2)19-13-25(38)31-30-22(34)10-16(4)26-21(18-9-7-6-8-15(18)3)12-24(36)28(32(26)30)29-23(35)11-20(17(5)37)27(19)33(29)31;1-9(2)12-7-6-8-13(10(3)4)11(12)5;1-7-5-3-2-4-6-7/h6-13,38H,1H2,2-5H3;6-10H,1-5H3;2-6H,1H3. The number of carbonyl (C=O) groups is 1. The maximum Gasteiger partial charge on any atom is 0.160 e. The fourth-order valence-electron chi connectivity index (χ4n) is 8.50. The van der Waals surface area contributed by atoms with Crippen LogP contribution in [-0.4, -0.2) is 10.9 Å². The Bertz CT molecular complexity index is 2770. The zero-order chi connectivity index (χ0) is 42.3. The van der Waals surface area contributed by atoms with Crippen molar-refractivity contribution in [3.8, 4) is 16.9 Å². The van der Waals surface area contributed by atoms with Crippen molar-refractivity contribution < 1.29 is 9.90 Å². The molecule has 5 heteroatoms. The first kappa shape index (κ1) is 42.7. The average Bonchev–Trinajstić information content (AvgIpc) is 3.16. The Morgan fingerprint density at radius 2 is 1.05 bits per heavy atom. The van der Waals surface area contributed by atoms with Crippen molar-refractivity contribution >= 4 is 89.2 Å². The monoisotopic (exact) mass is 824 g/mol. The van der Waals surface area contributed by atoms with E-state index in [1.807, 2.05) is 56.3 Å². The molecule has 2 nitrogen and oxygen atoms in total. The molecule has 8 aromatic carbocycles. The highest BCUT2D eigenvalue weighted by molar-refractivity contribution is 6.52. The summed E-state index contributed by atoms with van der Waals surface area (Å²) in [7, 11) is 0. The number of rotatable bonds is 5. The van der Waals surface area contributed by atoms with Crippen molar-refractivity contribution in [1.29, 1.82) is 0 Å². The molecule has 0 aliphatic carbocycles. The summed E-state index contributed by atoms with van der Waals surface area (Å²) >= 11 is 21.1. The van der Waals surface area contributed by atoms with Crippen LogP contribution in [0.4, 0.5) is 0 Å². The highest BCUT2D eigenvalue weighted by atomic mass is 35.5. The van der Waals surface area contributed by atoms with Crippen molar-refractivity contribution in [3.63, 3.8) is 0 Å². The first-order valence-corrected chi connectivity index (χ1v) is 20.9. The third-order valence-corrected chi connectivity index (χ3v) is 12.1. The minimum Gasteiger partial charge on any atom is -0.507 e. The van der Waals surface area contributed by atoms with E-state index in [1.54, 1.807) is 12.1 Å². The third-order valence-electron chi connectivity index (χ3n) is 11.2. The lowest BCUT2D eigenvalue weighted by molar-refractivity contribution is 0.101. The molecule has 0 aromatic heterocycles. The molecular weight excluding hydrogens is 775 g/mol.